The lowest BCUT2D eigenvalue weighted by Crippen LogP contribution is -2.58. The Balaban J connectivity index is 1.50. The van der Waals surface area contributed by atoms with Crippen LogP contribution in [-0.2, 0) is 4.79 Å². The Labute approximate surface area is 182 Å². The Morgan fingerprint density at radius 2 is 1.87 bits per heavy atom. The summed E-state index contributed by atoms with van der Waals surface area (Å²) in [6, 6.07) is 0. The van der Waals surface area contributed by atoms with Crippen LogP contribution in [0.2, 0.25) is 0 Å². The molecule has 0 bridgehead atoms. The van der Waals surface area contributed by atoms with Crippen LogP contribution in [-0.4, -0.2) is 35.0 Å². The van der Waals surface area contributed by atoms with Gasteiger partial charge in [-0.05, 0) is 104 Å². The standard InChI is InChI=1S/C25H44N2O3/c1-15(4-9-23(30)27-14-26)19-7-8-20-18-6-5-16-12-17(28)10-11-24(16,2)21(18)13-22(29)25(19,20)3/h15-22,28-29H,4-14,26H2,1-3H3,(H,27,30)/t15?,16-,17-,18+,19-,20+,21+,22+,24+,25-/m1/s1. The number of hydrogen-bond acceptors (Lipinski definition) is 4. The summed E-state index contributed by atoms with van der Waals surface area (Å²) in [5.41, 5.74) is 5.69. The molecule has 5 nitrogen and oxygen atoms in total. The van der Waals surface area contributed by atoms with Crippen LogP contribution in [0.4, 0.5) is 0 Å². The number of carbonyl (C=O) groups is 1. The van der Waals surface area contributed by atoms with Crippen molar-refractivity contribution in [3.8, 4) is 0 Å². The molecule has 0 aromatic heterocycles. The summed E-state index contributed by atoms with van der Waals surface area (Å²) < 4.78 is 0. The number of nitrogens with one attached hydrogen (secondary N) is 1. The molecule has 4 aliphatic rings. The molecule has 4 aliphatic carbocycles. The molecule has 0 aromatic rings. The SMILES string of the molecule is CC(CCC(=O)NCN)[C@H]1CC[C@H]2[C@@H]3CC[C@@H]4C[C@H](O)CC[C@]4(C)[C@H]3C[C@H](O)[C@]12C. The van der Waals surface area contributed by atoms with E-state index < -0.39 is 0 Å². The van der Waals surface area contributed by atoms with Gasteiger partial charge in [0.25, 0.3) is 0 Å². The fourth-order valence-corrected chi connectivity index (χ4v) is 8.92. The Bertz CT molecular complexity index is 642. The number of amides is 1. The highest BCUT2D eigenvalue weighted by Gasteiger charge is 2.63. The first kappa shape index (κ1) is 22.5. The van der Waals surface area contributed by atoms with Gasteiger partial charge in [0, 0.05) is 6.42 Å². The van der Waals surface area contributed by atoms with E-state index in [-0.39, 0.29) is 35.6 Å². The summed E-state index contributed by atoms with van der Waals surface area (Å²) in [6.07, 6.45) is 9.89. The first-order chi connectivity index (χ1) is 14.2. The van der Waals surface area contributed by atoms with Crippen molar-refractivity contribution in [1.29, 1.82) is 0 Å². The minimum absolute atomic E-state index is 0.0255. The molecule has 0 spiro atoms. The number of carbonyl (C=O) groups excluding carboxylic acids is 1. The fraction of sp³-hybridized carbons (Fsp3) is 0.960. The molecule has 30 heavy (non-hydrogen) atoms. The molecule has 0 aromatic carbocycles. The van der Waals surface area contributed by atoms with E-state index in [1.807, 2.05) is 0 Å². The van der Waals surface area contributed by atoms with E-state index in [2.05, 4.69) is 26.1 Å². The predicted octanol–water partition coefficient (Wildman–Crippen LogP) is 3.43. The lowest BCUT2D eigenvalue weighted by Gasteiger charge is -2.62. The maximum Gasteiger partial charge on any atom is 0.220 e. The quantitative estimate of drug-likeness (QED) is 0.513. The van der Waals surface area contributed by atoms with Crippen LogP contribution < -0.4 is 11.1 Å². The van der Waals surface area contributed by atoms with Crippen molar-refractivity contribution >= 4 is 5.91 Å². The molecule has 0 saturated heterocycles. The van der Waals surface area contributed by atoms with Gasteiger partial charge in [-0.1, -0.05) is 20.8 Å². The summed E-state index contributed by atoms with van der Waals surface area (Å²) in [5, 5.41) is 24.5. The Morgan fingerprint density at radius 1 is 1.10 bits per heavy atom. The van der Waals surface area contributed by atoms with Crippen molar-refractivity contribution in [2.24, 2.45) is 52.1 Å². The van der Waals surface area contributed by atoms with Gasteiger partial charge in [-0.2, -0.15) is 0 Å². The van der Waals surface area contributed by atoms with Crippen molar-refractivity contribution < 1.29 is 15.0 Å². The summed E-state index contributed by atoms with van der Waals surface area (Å²) in [7, 11) is 0. The molecule has 5 N–H and O–H groups in total. The Morgan fingerprint density at radius 3 is 2.60 bits per heavy atom. The molecule has 5 heteroatoms. The van der Waals surface area contributed by atoms with Crippen LogP contribution >= 0.6 is 0 Å². The lowest BCUT2D eigenvalue weighted by molar-refractivity contribution is -0.174. The molecular weight excluding hydrogens is 376 g/mol. The van der Waals surface area contributed by atoms with Crippen molar-refractivity contribution in [2.45, 2.75) is 97.2 Å². The predicted molar refractivity (Wildman–Crippen MR) is 118 cm³/mol. The highest BCUT2D eigenvalue weighted by atomic mass is 16.3. The zero-order valence-electron chi connectivity index (χ0n) is 19.3. The van der Waals surface area contributed by atoms with Gasteiger partial charge in [0.1, 0.15) is 0 Å². The third kappa shape index (κ3) is 3.53. The van der Waals surface area contributed by atoms with Gasteiger partial charge in [0.2, 0.25) is 5.91 Å². The van der Waals surface area contributed by atoms with Crippen molar-refractivity contribution in [2.75, 3.05) is 6.67 Å². The van der Waals surface area contributed by atoms with Gasteiger partial charge in [0.05, 0.1) is 18.9 Å². The zero-order chi connectivity index (χ0) is 21.7. The van der Waals surface area contributed by atoms with Gasteiger partial charge in [-0.25, -0.2) is 0 Å². The molecule has 4 rings (SSSR count). The van der Waals surface area contributed by atoms with Gasteiger partial charge in [0.15, 0.2) is 0 Å². The van der Waals surface area contributed by atoms with Crippen LogP contribution in [0.15, 0.2) is 0 Å². The summed E-state index contributed by atoms with van der Waals surface area (Å²) in [6.45, 7) is 7.33. The average Bonchev–Trinajstić information content (AvgIpc) is 3.07. The van der Waals surface area contributed by atoms with E-state index in [1.54, 1.807) is 0 Å². The molecule has 10 atom stereocenters. The first-order valence-corrected chi connectivity index (χ1v) is 12.5. The molecular formula is C25H44N2O3. The second kappa shape index (κ2) is 8.37. The van der Waals surface area contributed by atoms with E-state index in [9.17, 15) is 15.0 Å². The Hall–Kier alpha value is -0.650. The highest BCUT2D eigenvalue weighted by Crippen LogP contribution is 2.68. The molecule has 172 valence electrons. The molecule has 0 heterocycles. The van der Waals surface area contributed by atoms with E-state index in [0.29, 0.717) is 41.9 Å². The zero-order valence-corrected chi connectivity index (χ0v) is 19.3. The van der Waals surface area contributed by atoms with E-state index in [0.717, 1.165) is 32.1 Å². The van der Waals surface area contributed by atoms with Crippen LogP contribution in [0.25, 0.3) is 0 Å². The van der Waals surface area contributed by atoms with Crippen LogP contribution in [0.1, 0.15) is 85.0 Å². The highest BCUT2D eigenvalue weighted by molar-refractivity contribution is 5.75. The number of rotatable bonds is 5. The van der Waals surface area contributed by atoms with Crippen molar-refractivity contribution in [3.05, 3.63) is 0 Å². The maximum absolute atomic E-state index is 11.9. The van der Waals surface area contributed by atoms with Gasteiger partial charge >= 0.3 is 0 Å². The molecule has 1 unspecified atom stereocenters. The second-order valence-electron chi connectivity index (χ2n) is 11.7. The van der Waals surface area contributed by atoms with Crippen LogP contribution in [0.5, 0.6) is 0 Å². The molecule has 1 amide bonds. The topological polar surface area (TPSA) is 95.6 Å². The Kier molecular flexibility index (Phi) is 6.29. The van der Waals surface area contributed by atoms with Crippen molar-refractivity contribution in [1.82, 2.24) is 5.32 Å². The minimum atomic E-state index is -0.251. The van der Waals surface area contributed by atoms with Gasteiger partial charge in [-0.15, -0.1) is 0 Å². The van der Waals surface area contributed by atoms with E-state index in [1.165, 1.54) is 25.7 Å². The smallest absolute Gasteiger partial charge is 0.220 e. The van der Waals surface area contributed by atoms with E-state index in [4.69, 9.17) is 5.73 Å². The third-order valence-electron chi connectivity index (χ3n) is 10.6. The second-order valence-corrected chi connectivity index (χ2v) is 11.7. The summed E-state index contributed by atoms with van der Waals surface area (Å²) in [4.78, 5) is 11.9. The summed E-state index contributed by atoms with van der Waals surface area (Å²) in [5.74, 6) is 3.50. The summed E-state index contributed by atoms with van der Waals surface area (Å²) >= 11 is 0. The number of fused-ring (bicyclic) bond motifs is 5. The van der Waals surface area contributed by atoms with Gasteiger partial charge < -0.3 is 21.3 Å². The lowest BCUT2D eigenvalue weighted by atomic mass is 9.43. The number of nitrogens with two attached hydrogens (primary N) is 1. The number of hydrogen-bond donors (Lipinski definition) is 4. The third-order valence-corrected chi connectivity index (χ3v) is 10.6. The van der Waals surface area contributed by atoms with Crippen LogP contribution in [0, 0.1) is 46.3 Å². The van der Waals surface area contributed by atoms with Gasteiger partial charge in [-0.3, -0.25) is 4.79 Å². The fourth-order valence-electron chi connectivity index (χ4n) is 8.92. The number of aliphatic hydroxyl groups is 2. The molecule has 0 radical (unpaired) electrons. The first-order valence-electron chi connectivity index (χ1n) is 12.5. The molecule has 4 saturated carbocycles. The molecule has 0 aliphatic heterocycles. The molecule has 4 fully saturated rings. The monoisotopic (exact) mass is 420 g/mol. The van der Waals surface area contributed by atoms with E-state index >= 15 is 0 Å². The minimum Gasteiger partial charge on any atom is -0.393 e. The van der Waals surface area contributed by atoms with Crippen molar-refractivity contribution in [3.63, 3.8) is 0 Å². The normalized spacial score (nSPS) is 48.9. The maximum atomic E-state index is 11.9. The average molecular weight is 421 g/mol. The van der Waals surface area contributed by atoms with Crippen LogP contribution in [0.3, 0.4) is 0 Å². The number of aliphatic hydroxyl groups excluding tert-OH is 2. The largest absolute Gasteiger partial charge is 0.393 e.